The van der Waals surface area contributed by atoms with Crippen molar-refractivity contribution in [3.63, 3.8) is 0 Å². The lowest BCUT2D eigenvalue weighted by Crippen LogP contribution is -2.31. The van der Waals surface area contributed by atoms with Crippen LogP contribution < -0.4 is 10.2 Å². The van der Waals surface area contributed by atoms with E-state index in [4.69, 9.17) is 0 Å². The van der Waals surface area contributed by atoms with Crippen LogP contribution in [0.15, 0.2) is 48.5 Å². The van der Waals surface area contributed by atoms with E-state index in [-0.39, 0.29) is 11.6 Å². The molecular formula is C16H13FN2O2. The van der Waals surface area contributed by atoms with E-state index in [0.29, 0.717) is 11.3 Å². The summed E-state index contributed by atoms with van der Waals surface area (Å²) in [6, 6.07) is 13.0. The summed E-state index contributed by atoms with van der Waals surface area (Å²) in [4.78, 5) is 26.1. The molecule has 0 aliphatic carbocycles. The van der Waals surface area contributed by atoms with E-state index in [0.717, 1.165) is 0 Å². The molecule has 2 amide bonds. The minimum atomic E-state index is -0.939. The third kappa shape index (κ3) is 2.16. The van der Waals surface area contributed by atoms with E-state index in [1.807, 2.05) is 0 Å². The van der Waals surface area contributed by atoms with Gasteiger partial charge in [0.2, 0.25) is 11.8 Å². The molecule has 1 aliphatic heterocycles. The van der Waals surface area contributed by atoms with Gasteiger partial charge in [0.15, 0.2) is 0 Å². The van der Waals surface area contributed by atoms with Crippen LogP contribution in [0.2, 0.25) is 0 Å². The van der Waals surface area contributed by atoms with E-state index in [1.54, 1.807) is 37.4 Å². The number of hydrogen-bond acceptors (Lipinski definition) is 2. The van der Waals surface area contributed by atoms with Crippen molar-refractivity contribution in [1.29, 1.82) is 0 Å². The number of hydrogen-bond donors (Lipinski definition) is 1. The first-order valence-corrected chi connectivity index (χ1v) is 6.51. The molecular weight excluding hydrogens is 271 g/mol. The highest BCUT2D eigenvalue weighted by atomic mass is 19.1. The molecule has 0 aromatic heterocycles. The van der Waals surface area contributed by atoms with Gasteiger partial charge in [0, 0.05) is 12.7 Å². The topological polar surface area (TPSA) is 49.4 Å². The Labute approximate surface area is 121 Å². The number of rotatable bonds is 2. The maximum atomic E-state index is 13.6. The summed E-state index contributed by atoms with van der Waals surface area (Å²) < 4.78 is 13.6. The standard InChI is InChI=1S/C16H13FN2O2/c1-19-13-9-5-2-6-10(13)14(16(19)21)15(20)18-12-8-4-3-7-11(12)17/h2-9,14H,1H3,(H,18,20)/t14-/m0/s1. The lowest BCUT2D eigenvalue weighted by Gasteiger charge is -2.12. The van der Waals surface area contributed by atoms with Crippen molar-refractivity contribution in [2.45, 2.75) is 5.92 Å². The molecule has 1 atom stereocenters. The first-order chi connectivity index (χ1) is 10.1. The molecule has 0 unspecified atom stereocenters. The van der Waals surface area contributed by atoms with Gasteiger partial charge in [-0.15, -0.1) is 0 Å². The number of nitrogens with zero attached hydrogens (tertiary/aromatic N) is 1. The van der Waals surface area contributed by atoms with Gasteiger partial charge in [0.05, 0.1) is 5.69 Å². The van der Waals surface area contributed by atoms with Crippen LogP contribution in [0.25, 0.3) is 0 Å². The molecule has 2 aromatic carbocycles. The van der Waals surface area contributed by atoms with Crippen LogP contribution in [-0.4, -0.2) is 18.9 Å². The predicted molar refractivity (Wildman–Crippen MR) is 77.6 cm³/mol. The predicted octanol–water partition coefficient (Wildman–Crippen LogP) is 2.52. The number of amides is 2. The Morgan fingerprint density at radius 3 is 2.57 bits per heavy atom. The zero-order chi connectivity index (χ0) is 15.0. The molecule has 0 radical (unpaired) electrons. The Bertz CT molecular complexity index is 730. The van der Waals surface area contributed by atoms with E-state index in [2.05, 4.69) is 5.32 Å². The Morgan fingerprint density at radius 2 is 1.81 bits per heavy atom. The largest absolute Gasteiger partial charge is 0.323 e. The molecule has 0 fully saturated rings. The maximum absolute atomic E-state index is 13.6. The number of benzene rings is 2. The van der Waals surface area contributed by atoms with Crippen LogP contribution in [0.4, 0.5) is 15.8 Å². The number of nitrogens with one attached hydrogen (secondary N) is 1. The average molecular weight is 284 g/mol. The number of likely N-dealkylation sites (N-methyl/N-ethyl adjacent to an activating group) is 1. The van der Waals surface area contributed by atoms with Crippen molar-refractivity contribution in [1.82, 2.24) is 0 Å². The highest BCUT2D eigenvalue weighted by Crippen LogP contribution is 2.36. The summed E-state index contributed by atoms with van der Waals surface area (Å²) in [5.74, 6) is -2.31. The summed E-state index contributed by atoms with van der Waals surface area (Å²) in [7, 11) is 1.62. The van der Waals surface area contributed by atoms with Crippen molar-refractivity contribution >= 4 is 23.2 Å². The fourth-order valence-electron chi connectivity index (χ4n) is 2.50. The number of fused-ring (bicyclic) bond motifs is 1. The Hall–Kier alpha value is -2.69. The van der Waals surface area contributed by atoms with E-state index in [1.165, 1.54) is 23.1 Å². The summed E-state index contributed by atoms with van der Waals surface area (Å²) in [5.41, 5.74) is 1.41. The molecule has 0 bridgehead atoms. The molecule has 0 spiro atoms. The number of carbonyl (C=O) groups excluding carboxylic acids is 2. The first-order valence-electron chi connectivity index (χ1n) is 6.51. The van der Waals surface area contributed by atoms with Crippen molar-refractivity contribution in [3.05, 3.63) is 59.9 Å². The van der Waals surface area contributed by atoms with Crippen molar-refractivity contribution < 1.29 is 14.0 Å². The second kappa shape index (κ2) is 5.01. The van der Waals surface area contributed by atoms with Gasteiger partial charge >= 0.3 is 0 Å². The normalized spacial score (nSPS) is 16.8. The molecule has 1 N–H and O–H groups in total. The molecule has 4 nitrogen and oxygen atoms in total. The molecule has 1 heterocycles. The fraction of sp³-hybridized carbons (Fsp3) is 0.125. The number of carbonyl (C=O) groups is 2. The summed E-state index contributed by atoms with van der Waals surface area (Å²) in [5, 5.41) is 2.48. The van der Waals surface area contributed by atoms with Crippen LogP contribution in [0.5, 0.6) is 0 Å². The fourth-order valence-corrected chi connectivity index (χ4v) is 2.50. The third-order valence-electron chi connectivity index (χ3n) is 3.58. The lowest BCUT2D eigenvalue weighted by molar-refractivity contribution is -0.126. The SMILES string of the molecule is CN1C(=O)[C@H](C(=O)Nc2ccccc2F)c2ccccc21. The van der Waals surface area contributed by atoms with Gasteiger partial charge in [-0.1, -0.05) is 30.3 Å². The molecule has 21 heavy (non-hydrogen) atoms. The molecule has 2 aromatic rings. The molecule has 0 saturated carbocycles. The van der Waals surface area contributed by atoms with Crippen LogP contribution >= 0.6 is 0 Å². The Morgan fingerprint density at radius 1 is 1.14 bits per heavy atom. The number of halogens is 1. The Balaban J connectivity index is 1.92. The second-order valence-electron chi connectivity index (χ2n) is 4.86. The van der Waals surface area contributed by atoms with Gasteiger partial charge < -0.3 is 10.2 Å². The monoisotopic (exact) mass is 284 g/mol. The molecule has 1 aliphatic rings. The minimum Gasteiger partial charge on any atom is -0.323 e. The van der Waals surface area contributed by atoms with Crippen LogP contribution in [0.1, 0.15) is 11.5 Å². The van der Waals surface area contributed by atoms with Gasteiger partial charge in [-0.2, -0.15) is 0 Å². The highest BCUT2D eigenvalue weighted by Gasteiger charge is 2.40. The van der Waals surface area contributed by atoms with Crippen molar-refractivity contribution in [2.24, 2.45) is 0 Å². The van der Waals surface area contributed by atoms with Crippen LogP contribution in [-0.2, 0) is 9.59 Å². The smallest absolute Gasteiger partial charge is 0.243 e. The first kappa shape index (κ1) is 13.3. The number of anilines is 2. The van der Waals surface area contributed by atoms with E-state index in [9.17, 15) is 14.0 Å². The zero-order valence-corrected chi connectivity index (χ0v) is 11.3. The van der Waals surface area contributed by atoms with Gasteiger partial charge in [-0.05, 0) is 23.8 Å². The maximum Gasteiger partial charge on any atom is 0.243 e. The number of para-hydroxylation sites is 2. The van der Waals surface area contributed by atoms with Crippen molar-refractivity contribution in [2.75, 3.05) is 17.3 Å². The Kier molecular flexibility index (Phi) is 3.17. The second-order valence-corrected chi connectivity index (χ2v) is 4.86. The summed E-state index contributed by atoms with van der Waals surface area (Å²) >= 11 is 0. The third-order valence-corrected chi connectivity index (χ3v) is 3.58. The highest BCUT2D eigenvalue weighted by molar-refractivity contribution is 6.20. The summed E-state index contributed by atoms with van der Waals surface area (Å²) in [6.45, 7) is 0. The van der Waals surface area contributed by atoms with E-state index < -0.39 is 17.6 Å². The molecule has 3 rings (SSSR count). The van der Waals surface area contributed by atoms with Crippen LogP contribution in [0.3, 0.4) is 0 Å². The average Bonchev–Trinajstić information content (AvgIpc) is 2.74. The van der Waals surface area contributed by atoms with Gasteiger partial charge in [0.25, 0.3) is 0 Å². The van der Waals surface area contributed by atoms with Gasteiger partial charge in [-0.25, -0.2) is 4.39 Å². The molecule has 0 saturated heterocycles. The van der Waals surface area contributed by atoms with Crippen molar-refractivity contribution in [3.8, 4) is 0 Å². The summed E-state index contributed by atoms with van der Waals surface area (Å²) in [6.07, 6.45) is 0. The minimum absolute atomic E-state index is 0.0716. The van der Waals surface area contributed by atoms with Gasteiger partial charge in [0.1, 0.15) is 11.7 Å². The van der Waals surface area contributed by atoms with E-state index >= 15 is 0 Å². The molecule has 5 heteroatoms. The van der Waals surface area contributed by atoms with Gasteiger partial charge in [-0.3, -0.25) is 9.59 Å². The lowest BCUT2D eigenvalue weighted by atomic mass is 10.00. The quantitative estimate of drug-likeness (QED) is 0.861. The van der Waals surface area contributed by atoms with Crippen LogP contribution in [0, 0.1) is 5.82 Å². The zero-order valence-electron chi connectivity index (χ0n) is 11.3. The molecule has 106 valence electrons.